The molecule has 0 aliphatic carbocycles. The maximum Gasteiger partial charge on any atom is 0.156 e. The van der Waals surface area contributed by atoms with Crippen LogP contribution < -0.4 is 10.1 Å². The SMILES string of the molecule is C#CNC(/C=C\C=C/C)=C/C.CCC(C)(I)Oc1c(C)cccc1-c1cccc2cc3ccccc3cc12. The molecule has 0 aliphatic rings. The van der Waals surface area contributed by atoms with Crippen LogP contribution in [0.4, 0.5) is 0 Å². The summed E-state index contributed by atoms with van der Waals surface area (Å²) in [5.74, 6) is 0.983. The Balaban J connectivity index is 0.000000310. The van der Waals surface area contributed by atoms with Crippen LogP contribution in [-0.4, -0.2) is 3.61 Å². The zero-order valence-electron chi connectivity index (χ0n) is 22.9. The van der Waals surface area contributed by atoms with E-state index in [1.54, 1.807) is 0 Å². The Morgan fingerprint density at radius 2 is 1.61 bits per heavy atom. The molecule has 4 rings (SSSR count). The van der Waals surface area contributed by atoms with Crippen molar-refractivity contribution in [1.29, 1.82) is 0 Å². The monoisotopic (exact) mass is 613 g/mol. The predicted octanol–water partition coefficient (Wildman–Crippen LogP) is 10.1. The van der Waals surface area contributed by atoms with Crippen molar-refractivity contribution in [2.24, 2.45) is 0 Å². The number of aryl methyl sites for hydroxylation is 1. The van der Waals surface area contributed by atoms with Gasteiger partial charge < -0.3 is 10.1 Å². The second-order valence-electron chi connectivity index (χ2n) is 9.13. The summed E-state index contributed by atoms with van der Waals surface area (Å²) in [6.07, 6.45) is 15.7. The fourth-order valence-electron chi connectivity index (χ4n) is 4.05. The van der Waals surface area contributed by atoms with Crippen molar-refractivity contribution >= 4 is 44.1 Å². The Labute approximate surface area is 241 Å². The van der Waals surface area contributed by atoms with E-state index in [1.165, 1.54) is 32.7 Å². The van der Waals surface area contributed by atoms with Crippen molar-refractivity contribution in [3.63, 3.8) is 0 Å². The lowest BCUT2D eigenvalue weighted by Gasteiger charge is -2.26. The number of ether oxygens (including phenoxy) is 1. The summed E-state index contributed by atoms with van der Waals surface area (Å²) in [6, 6.07) is 28.4. The van der Waals surface area contributed by atoms with E-state index in [9.17, 15) is 0 Å². The molecule has 0 amide bonds. The fraction of sp³-hybridized carbons (Fsp3) is 0.200. The number of alkyl halides is 1. The van der Waals surface area contributed by atoms with Gasteiger partial charge >= 0.3 is 0 Å². The molecule has 1 atom stereocenters. The van der Waals surface area contributed by atoms with Gasteiger partial charge in [-0.3, -0.25) is 0 Å². The van der Waals surface area contributed by atoms with E-state index in [-0.39, 0.29) is 3.61 Å². The molecule has 0 aliphatic heterocycles. The van der Waals surface area contributed by atoms with Gasteiger partial charge in [-0.1, -0.05) is 98.3 Å². The van der Waals surface area contributed by atoms with Crippen LogP contribution in [0.15, 0.2) is 109 Å². The van der Waals surface area contributed by atoms with Crippen molar-refractivity contribution in [2.45, 2.75) is 44.6 Å². The molecule has 0 fully saturated rings. The molecular weight excluding hydrogens is 577 g/mol. The van der Waals surface area contributed by atoms with Gasteiger partial charge in [0.25, 0.3) is 0 Å². The van der Waals surface area contributed by atoms with Crippen molar-refractivity contribution in [1.82, 2.24) is 5.32 Å². The topological polar surface area (TPSA) is 21.3 Å². The number of allylic oxidation sites excluding steroid dienone is 5. The standard InChI is InChI=1S/C25H23IO.C10H13N/c1-4-25(3,26)27-24-17(2)9-7-14-22(24)21-13-8-12-20-15-18-10-5-6-11-19(18)16-23(20)21;1-4-7-8-9-10(5-2)11-6-3/h5-16H,4H2,1-3H3;3-5,7-9,11H,1-2H3/b;7-4-,9-8-,10-5+. The molecule has 2 nitrogen and oxygen atoms in total. The Kier molecular flexibility index (Phi) is 10.6. The highest BCUT2D eigenvalue weighted by molar-refractivity contribution is 14.1. The first kappa shape index (κ1) is 29.1. The molecule has 38 heavy (non-hydrogen) atoms. The number of hydrogen-bond acceptors (Lipinski definition) is 2. The van der Waals surface area contributed by atoms with Crippen LogP contribution in [0.2, 0.25) is 0 Å². The van der Waals surface area contributed by atoms with E-state index in [2.05, 4.69) is 128 Å². The number of benzene rings is 4. The Hall–Kier alpha value is -3.49. The van der Waals surface area contributed by atoms with Crippen LogP contribution in [0.1, 0.15) is 39.7 Å². The van der Waals surface area contributed by atoms with Gasteiger partial charge in [0.05, 0.1) is 0 Å². The maximum atomic E-state index is 6.49. The highest BCUT2D eigenvalue weighted by Crippen LogP contribution is 2.41. The van der Waals surface area contributed by atoms with Crippen LogP contribution in [0, 0.1) is 19.4 Å². The van der Waals surface area contributed by atoms with Gasteiger partial charge in [-0.15, -0.1) is 0 Å². The molecule has 0 spiro atoms. The number of rotatable bonds is 7. The predicted molar refractivity (Wildman–Crippen MR) is 175 cm³/mol. The van der Waals surface area contributed by atoms with Crippen LogP contribution in [0.25, 0.3) is 32.7 Å². The van der Waals surface area contributed by atoms with E-state index in [0.29, 0.717) is 0 Å². The first-order chi connectivity index (χ1) is 18.3. The summed E-state index contributed by atoms with van der Waals surface area (Å²) in [4.78, 5) is 0. The molecule has 4 aromatic carbocycles. The zero-order valence-corrected chi connectivity index (χ0v) is 25.0. The number of fused-ring (bicyclic) bond motifs is 2. The lowest BCUT2D eigenvalue weighted by Crippen LogP contribution is -2.23. The van der Waals surface area contributed by atoms with E-state index in [1.807, 2.05) is 44.2 Å². The normalized spacial score (nSPS) is 13.2. The second-order valence-corrected chi connectivity index (χ2v) is 11.4. The van der Waals surface area contributed by atoms with E-state index in [4.69, 9.17) is 11.2 Å². The lowest BCUT2D eigenvalue weighted by molar-refractivity contribution is 0.199. The molecule has 1 unspecified atom stereocenters. The second kappa shape index (κ2) is 13.9. The minimum Gasteiger partial charge on any atom is -0.476 e. The van der Waals surface area contributed by atoms with Gasteiger partial charge in [-0.05, 0) is 108 Å². The average Bonchev–Trinajstić information content (AvgIpc) is 2.92. The van der Waals surface area contributed by atoms with Crippen LogP contribution >= 0.6 is 22.6 Å². The van der Waals surface area contributed by atoms with Crippen molar-refractivity contribution < 1.29 is 4.74 Å². The number of para-hydroxylation sites is 1. The van der Waals surface area contributed by atoms with E-state index < -0.39 is 0 Å². The smallest absolute Gasteiger partial charge is 0.156 e. The molecule has 0 aromatic heterocycles. The summed E-state index contributed by atoms with van der Waals surface area (Å²) in [5, 5.41) is 7.81. The Bertz CT molecular complexity index is 1520. The molecule has 0 heterocycles. The minimum absolute atomic E-state index is 0.226. The molecular formula is C35H36INO. The third kappa shape index (κ3) is 7.52. The summed E-state index contributed by atoms with van der Waals surface area (Å²) in [6.45, 7) is 10.3. The molecule has 0 saturated carbocycles. The Morgan fingerprint density at radius 3 is 2.26 bits per heavy atom. The van der Waals surface area contributed by atoms with Gasteiger partial charge in [0, 0.05) is 17.3 Å². The molecule has 4 aromatic rings. The first-order valence-electron chi connectivity index (χ1n) is 12.9. The van der Waals surface area contributed by atoms with Crippen LogP contribution in [0.3, 0.4) is 0 Å². The molecule has 0 saturated heterocycles. The van der Waals surface area contributed by atoms with Gasteiger partial charge in [0.15, 0.2) is 3.61 Å². The summed E-state index contributed by atoms with van der Waals surface area (Å²) >= 11 is 2.40. The molecule has 0 bridgehead atoms. The third-order valence-electron chi connectivity index (χ3n) is 6.30. The number of nitrogens with one attached hydrogen (secondary N) is 1. The van der Waals surface area contributed by atoms with Gasteiger partial charge in [0.2, 0.25) is 0 Å². The third-order valence-corrected chi connectivity index (χ3v) is 7.29. The van der Waals surface area contributed by atoms with Crippen molar-refractivity contribution in [3.05, 3.63) is 114 Å². The van der Waals surface area contributed by atoms with Crippen molar-refractivity contribution in [2.75, 3.05) is 0 Å². The van der Waals surface area contributed by atoms with Crippen LogP contribution in [0.5, 0.6) is 5.75 Å². The highest BCUT2D eigenvalue weighted by Gasteiger charge is 2.23. The minimum atomic E-state index is -0.226. The number of halogens is 1. The quantitative estimate of drug-likeness (QED) is 0.0560. The highest BCUT2D eigenvalue weighted by atomic mass is 127. The van der Waals surface area contributed by atoms with E-state index in [0.717, 1.165) is 23.4 Å². The fourth-order valence-corrected chi connectivity index (χ4v) is 4.27. The number of terminal acetylenes is 1. The van der Waals surface area contributed by atoms with Gasteiger partial charge in [-0.2, -0.15) is 0 Å². The van der Waals surface area contributed by atoms with Crippen molar-refractivity contribution in [3.8, 4) is 29.3 Å². The zero-order chi connectivity index (χ0) is 27.5. The molecule has 1 N–H and O–H groups in total. The summed E-state index contributed by atoms with van der Waals surface area (Å²) in [5.41, 5.74) is 4.49. The molecule has 3 heteroatoms. The largest absolute Gasteiger partial charge is 0.476 e. The lowest BCUT2D eigenvalue weighted by atomic mass is 9.94. The maximum absolute atomic E-state index is 6.49. The first-order valence-corrected chi connectivity index (χ1v) is 14.0. The molecule has 194 valence electrons. The van der Waals surface area contributed by atoms with Crippen LogP contribution in [-0.2, 0) is 0 Å². The van der Waals surface area contributed by atoms with Gasteiger partial charge in [0.1, 0.15) is 5.75 Å². The molecule has 0 radical (unpaired) electrons. The van der Waals surface area contributed by atoms with Gasteiger partial charge in [-0.25, -0.2) is 0 Å². The number of hydrogen-bond donors (Lipinski definition) is 1. The average molecular weight is 614 g/mol. The summed E-state index contributed by atoms with van der Waals surface area (Å²) in [7, 11) is 0. The summed E-state index contributed by atoms with van der Waals surface area (Å²) < 4.78 is 6.26. The van der Waals surface area contributed by atoms with E-state index >= 15 is 0 Å². The Morgan fingerprint density at radius 1 is 0.947 bits per heavy atom.